The van der Waals surface area contributed by atoms with Crippen LogP contribution in [-0.2, 0) is 12.7 Å². The number of benzene rings is 2. The van der Waals surface area contributed by atoms with Crippen LogP contribution >= 0.6 is 0 Å². The highest BCUT2D eigenvalue weighted by atomic mass is 19.4. The average Bonchev–Trinajstić information content (AvgIpc) is 2.36. The molecule has 0 unspecified atom stereocenters. The molecule has 0 amide bonds. The van der Waals surface area contributed by atoms with E-state index in [1.807, 2.05) is 0 Å². The molecule has 0 aliphatic heterocycles. The molecule has 0 saturated heterocycles. The molecule has 1 nitrogen and oxygen atoms in total. The van der Waals surface area contributed by atoms with Crippen LogP contribution in [0.4, 0.5) is 23.2 Å². The largest absolute Gasteiger partial charge is 0.416 e. The lowest BCUT2D eigenvalue weighted by Gasteiger charge is -2.10. The number of nitrogens with one attached hydrogen (secondary N) is 1. The maximum Gasteiger partial charge on any atom is 0.416 e. The van der Waals surface area contributed by atoms with Crippen molar-refractivity contribution in [1.82, 2.24) is 0 Å². The normalized spacial score (nSPS) is 11.4. The van der Waals surface area contributed by atoms with Crippen LogP contribution in [0.3, 0.4) is 0 Å². The Balaban J connectivity index is 2.08. The second-order valence-electron chi connectivity index (χ2n) is 4.06. The minimum Gasteiger partial charge on any atom is -0.381 e. The van der Waals surface area contributed by atoms with Crippen LogP contribution in [0.25, 0.3) is 0 Å². The average molecular weight is 269 g/mol. The van der Waals surface area contributed by atoms with Crippen molar-refractivity contribution in [3.8, 4) is 0 Å². The van der Waals surface area contributed by atoms with Gasteiger partial charge < -0.3 is 5.32 Å². The lowest BCUT2D eigenvalue weighted by Crippen LogP contribution is -2.06. The van der Waals surface area contributed by atoms with Crippen molar-refractivity contribution in [2.75, 3.05) is 5.32 Å². The molecule has 100 valence electrons. The third-order valence-corrected chi connectivity index (χ3v) is 2.58. The number of rotatable bonds is 3. The highest BCUT2D eigenvalue weighted by Gasteiger charge is 2.30. The van der Waals surface area contributed by atoms with Gasteiger partial charge in [0.25, 0.3) is 0 Å². The molecule has 0 aliphatic rings. The molecule has 0 atom stereocenters. The van der Waals surface area contributed by atoms with E-state index in [9.17, 15) is 17.6 Å². The zero-order chi connectivity index (χ0) is 13.9. The van der Waals surface area contributed by atoms with Gasteiger partial charge in [0.05, 0.1) is 5.56 Å². The van der Waals surface area contributed by atoms with Crippen LogP contribution in [0.1, 0.15) is 11.1 Å². The second-order valence-corrected chi connectivity index (χ2v) is 4.06. The van der Waals surface area contributed by atoms with Gasteiger partial charge >= 0.3 is 6.18 Å². The van der Waals surface area contributed by atoms with Gasteiger partial charge in [-0.3, -0.25) is 0 Å². The first kappa shape index (κ1) is 13.4. The molecule has 0 aliphatic carbocycles. The third-order valence-electron chi connectivity index (χ3n) is 2.58. The van der Waals surface area contributed by atoms with Crippen LogP contribution < -0.4 is 5.32 Å². The molecule has 19 heavy (non-hydrogen) atoms. The minimum absolute atomic E-state index is 0.263. The Kier molecular flexibility index (Phi) is 3.74. The molecule has 0 fully saturated rings. The topological polar surface area (TPSA) is 12.0 Å². The van der Waals surface area contributed by atoms with E-state index in [1.165, 1.54) is 24.3 Å². The first-order valence-corrected chi connectivity index (χ1v) is 5.61. The zero-order valence-electron chi connectivity index (χ0n) is 9.84. The van der Waals surface area contributed by atoms with Crippen molar-refractivity contribution in [3.63, 3.8) is 0 Å². The quantitative estimate of drug-likeness (QED) is 0.811. The molecular weight excluding hydrogens is 258 g/mol. The number of hydrogen-bond acceptors (Lipinski definition) is 1. The minimum atomic E-state index is -4.36. The van der Waals surface area contributed by atoms with Crippen molar-refractivity contribution >= 4 is 5.69 Å². The number of anilines is 1. The molecule has 0 spiro atoms. The van der Waals surface area contributed by atoms with Gasteiger partial charge in [-0.2, -0.15) is 13.2 Å². The van der Waals surface area contributed by atoms with E-state index >= 15 is 0 Å². The first-order chi connectivity index (χ1) is 8.95. The molecule has 0 heterocycles. The summed E-state index contributed by atoms with van der Waals surface area (Å²) in [6.07, 6.45) is -4.36. The molecule has 2 aromatic rings. The highest BCUT2D eigenvalue weighted by molar-refractivity contribution is 5.47. The molecular formula is C14H11F4N. The highest BCUT2D eigenvalue weighted by Crippen LogP contribution is 2.30. The summed E-state index contributed by atoms with van der Waals surface area (Å²) < 4.78 is 50.5. The van der Waals surface area contributed by atoms with E-state index < -0.39 is 11.7 Å². The van der Waals surface area contributed by atoms with E-state index in [-0.39, 0.29) is 12.4 Å². The van der Waals surface area contributed by atoms with Gasteiger partial charge in [-0.15, -0.1) is 0 Å². The number of halogens is 4. The predicted octanol–water partition coefficient (Wildman–Crippen LogP) is 4.46. The van der Waals surface area contributed by atoms with Gasteiger partial charge in [0, 0.05) is 12.2 Å². The Labute approximate surface area is 107 Å². The zero-order valence-corrected chi connectivity index (χ0v) is 9.84. The Morgan fingerprint density at radius 3 is 2.37 bits per heavy atom. The Morgan fingerprint density at radius 1 is 0.947 bits per heavy atom. The fourth-order valence-corrected chi connectivity index (χ4v) is 1.66. The van der Waals surface area contributed by atoms with Gasteiger partial charge in [0.1, 0.15) is 5.82 Å². The molecule has 1 N–H and O–H groups in total. The van der Waals surface area contributed by atoms with Crippen molar-refractivity contribution in [1.29, 1.82) is 0 Å². The van der Waals surface area contributed by atoms with Gasteiger partial charge in [-0.05, 0) is 35.9 Å². The first-order valence-electron chi connectivity index (χ1n) is 5.61. The summed E-state index contributed by atoms with van der Waals surface area (Å²) >= 11 is 0. The van der Waals surface area contributed by atoms with E-state index in [1.54, 1.807) is 12.1 Å². The monoisotopic (exact) mass is 269 g/mol. The molecule has 5 heteroatoms. The fraction of sp³-hybridized carbons (Fsp3) is 0.143. The van der Waals surface area contributed by atoms with E-state index in [0.29, 0.717) is 11.3 Å². The third kappa shape index (κ3) is 3.71. The number of hydrogen-bond donors (Lipinski definition) is 1. The summed E-state index contributed by atoms with van der Waals surface area (Å²) in [6, 6.07) is 10.8. The molecule has 0 saturated carbocycles. The van der Waals surface area contributed by atoms with Crippen LogP contribution in [0.5, 0.6) is 0 Å². The van der Waals surface area contributed by atoms with Gasteiger partial charge in [-0.25, -0.2) is 4.39 Å². The van der Waals surface area contributed by atoms with Crippen LogP contribution in [0.2, 0.25) is 0 Å². The van der Waals surface area contributed by atoms with Gasteiger partial charge in [-0.1, -0.05) is 18.2 Å². The smallest absolute Gasteiger partial charge is 0.381 e. The Morgan fingerprint density at radius 2 is 1.68 bits per heavy atom. The lowest BCUT2D eigenvalue weighted by molar-refractivity contribution is -0.137. The lowest BCUT2D eigenvalue weighted by atomic mass is 10.1. The summed E-state index contributed by atoms with van der Waals surface area (Å²) in [5.74, 6) is -0.372. The predicted molar refractivity (Wildman–Crippen MR) is 65.2 cm³/mol. The Hall–Kier alpha value is -2.04. The van der Waals surface area contributed by atoms with E-state index in [0.717, 1.165) is 12.1 Å². The summed E-state index contributed by atoms with van der Waals surface area (Å²) in [4.78, 5) is 0. The van der Waals surface area contributed by atoms with Crippen molar-refractivity contribution in [3.05, 3.63) is 65.5 Å². The van der Waals surface area contributed by atoms with Crippen molar-refractivity contribution in [2.24, 2.45) is 0 Å². The van der Waals surface area contributed by atoms with E-state index in [2.05, 4.69) is 5.32 Å². The maximum atomic E-state index is 12.9. The van der Waals surface area contributed by atoms with Crippen LogP contribution in [0.15, 0.2) is 48.5 Å². The van der Waals surface area contributed by atoms with E-state index in [4.69, 9.17) is 0 Å². The number of alkyl halides is 3. The summed E-state index contributed by atoms with van der Waals surface area (Å²) in [7, 11) is 0. The molecule has 2 aromatic carbocycles. The van der Waals surface area contributed by atoms with Crippen molar-refractivity contribution < 1.29 is 17.6 Å². The standard InChI is InChI=1S/C14H11F4N/c15-12-5-1-3-10(7-12)9-19-13-6-2-4-11(8-13)14(16,17)18/h1-8,19H,9H2. The molecule has 0 aromatic heterocycles. The summed E-state index contributed by atoms with van der Waals surface area (Å²) in [5.41, 5.74) is 0.299. The van der Waals surface area contributed by atoms with Crippen LogP contribution in [-0.4, -0.2) is 0 Å². The van der Waals surface area contributed by atoms with Crippen LogP contribution in [0, 0.1) is 5.82 Å². The second kappa shape index (κ2) is 5.30. The SMILES string of the molecule is Fc1cccc(CNc2cccc(C(F)(F)F)c2)c1. The molecule has 2 rings (SSSR count). The molecule has 0 radical (unpaired) electrons. The summed E-state index contributed by atoms with van der Waals surface area (Å²) in [5, 5.41) is 2.83. The fourth-order valence-electron chi connectivity index (χ4n) is 1.66. The van der Waals surface area contributed by atoms with Crippen molar-refractivity contribution in [2.45, 2.75) is 12.7 Å². The molecule has 0 bridgehead atoms. The Bertz CT molecular complexity index is 563. The summed E-state index contributed by atoms with van der Waals surface area (Å²) in [6.45, 7) is 0.263. The maximum absolute atomic E-state index is 12.9. The van der Waals surface area contributed by atoms with Gasteiger partial charge in [0.15, 0.2) is 0 Å². The van der Waals surface area contributed by atoms with Gasteiger partial charge in [0.2, 0.25) is 0 Å².